The highest BCUT2D eigenvalue weighted by atomic mass is 79.9. The van der Waals surface area contributed by atoms with Crippen molar-refractivity contribution in [1.29, 1.82) is 0 Å². The standard InChI is InChI=1S/C19H19BrClN3O2/c1-4-17(25)23(3)14-7-8-15(21)13(10-14)11-26-16-6-5-9-24-18(20)12(2)22-19(16)24/h5-10H,4,11H2,1-3H3. The van der Waals surface area contributed by atoms with Crippen LogP contribution in [0.4, 0.5) is 5.69 Å². The summed E-state index contributed by atoms with van der Waals surface area (Å²) in [7, 11) is 1.76. The van der Waals surface area contributed by atoms with E-state index in [4.69, 9.17) is 16.3 Å². The van der Waals surface area contributed by atoms with E-state index in [2.05, 4.69) is 20.9 Å². The van der Waals surface area contributed by atoms with Gasteiger partial charge in [-0.15, -0.1) is 0 Å². The molecule has 0 aliphatic carbocycles. The number of carbonyl (C=O) groups is 1. The lowest BCUT2D eigenvalue weighted by Gasteiger charge is -2.18. The van der Waals surface area contributed by atoms with Crippen LogP contribution in [0.3, 0.4) is 0 Å². The van der Waals surface area contributed by atoms with Crippen LogP contribution < -0.4 is 9.64 Å². The minimum absolute atomic E-state index is 0.0432. The van der Waals surface area contributed by atoms with Crippen molar-refractivity contribution in [2.24, 2.45) is 0 Å². The van der Waals surface area contributed by atoms with Crippen molar-refractivity contribution in [3.05, 3.63) is 57.4 Å². The Morgan fingerprint density at radius 2 is 2.15 bits per heavy atom. The molecule has 26 heavy (non-hydrogen) atoms. The molecule has 0 saturated heterocycles. The number of pyridine rings is 1. The number of halogens is 2. The Morgan fingerprint density at radius 3 is 2.88 bits per heavy atom. The first-order valence-electron chi connectivity index (χ1n) is 8.23. The minimum atomic E-state index is 0.0432. The van der Waals surface area contributed by atoms with Gasteiger partial charge in [-0.25, -0.2) is 4.98 Å². The molecule has 0 radical (unpaired) electrons. The highest BCUT2D eigenvalue weighted by Gasteiger charge is 2.13. The smallest absolute Gasteiger partial charge is 0.226 e. The molecular formula is C19H19BrClN3O2. The number of ether oxygens (including phenoxy) is 1. The molecule has 0 saturated carbocycles. The number of anilines is 1. The predicted molar refractivity (Wildman–Crippen MR) is 107 cm³/mol. The zero-order valence-corrected chi connectivity index (χ0v) is 17.1. The van der Waals surface area contributed by atoms with Crippen molar-refractivity contribution in [3.8, 4) is 5.75 Å². The van der Waals surface area contributed by atoms with Crippen molar-refractivity contribution in [3.63, 3.8) is 0 Å². The second kappa shape index (κ2) is 7.68. The lowest BCUT2D eigenvalue weighted by molar-refractivity contribution is -0.118. The van der Waals surface area contributed by atoms with Crippen LogP contribution in [0.15, 0.2) is 41.1 Å². The van der Waals surface area contributed by atoms with E-state index in [0.717, 1.165) is 27.2 Å². The Labute approximate surface area is 165 Å². The van der Waals surface area contributed by atoms with Gasteiger partial charge in [-0.05, 0) is 53.2 Å². The van der Waals surface area contributed by atoms with E-state index in [1.165, 1.54) is 0 Å². The van der Waals surface area contributed by atoms with Crippen LogP contribution in [-0.2, 0) is 11.4 Å². The van der Waals surface area contributed by atoms with E-state index < -0.39 is 0 Å². The number of carbonyl (C=O) groups excluding carboxylic acids is 1. The van der Waals surface area contributed by atoms with E-state index >= 15 is 0 Å². The Hall–Kier alpha value is -2.05. The Morgan fingerprint density at radius 1 is 1.38 bits per heavy atom. The highest BCUT2D eigenvalue weighted by molar-refractivity contribution is 9.10. The third-order valence-corrected chi connectivity index (χ3v) is 5.52. The van der Waals surface area contributed by atoms with E-state index in [1.54, 1.807) is 18.0 Å². The van der Waals surface area contributed by atoms with Gasteiger partial charge in [0.2, 0.25) is 5.91 Å². The Balaban J connectivity index is 1.86. The molecule has 0 N–H and O–H groups in total. The molecule has 1 amide bonds. The third-order valence-electron chi connectivity index (χ3n) is 4.19. The monoisotopic (exact) mass is 435 g/mol. The quantitative estimate of drug-likeness (QED) is 0.565. The van der Waals surface area contributed by atoms with Crippen LogP contribution in [0.25, 0.3) is 5.65 Å². The van der Waals surface area contributed by atoms with Crippen LogP contribution in [0.5, 0.6) is 5.75 Å². The molecule has 0 fully saturated rings. The molecule has 2 aromatic heterocycles. The van der Waals surface area contributed by atoms with Crippen molar-refractivity contribution in [1.82, 2.24) is 9.38 Å². The van der Waals surface area contributed by atoms with Crippen molar-refractivity contribution in [2.75, 3.05) is 11.9 Å². The highest BCUT2D eigenvalue weighted by Crippen LogP contribution is 2.28. The molecule has 3 rings (SSSR count). The van der Waals surface area contributed by atoms with Gasteiger partial charge in [0.15, 0.2) is 11.4 Å². The van der Waals surface area contributed by atoms with E-state index in [-0.39, 0.29) is 12.5 Å². The van der Waals surface area contributed by atoms with Gasteiger partial charge in [0.05, 0.1) is 5.69 Å². The second-order valence-corrected chi connectivity index (χ2v) is 7.08. The van der Waals surface area contributed by atoms with Gasteiger partial charge in [-0.2, -0.15) is 0 Å². The van der Waals surface area contributed by atoms with E-state index in [1.807, 2.05) is 48.7 Å². The minimum Gasteiger partial charge on any atom is -0.485 e. The van der Waals surface area contributed by atoms with Crippen LogP contribution in [-0.4, -0.2) is 22.3 Å². The molecule has 0 aliphatic heterocycles. The number of aromatic nitrogens is 2. The fraction of sp³-hybridized carbons (Fsp3) is 0.263. The molecule has 0 bridgehead atoms. The molecule has 7 heteroatoms. The van der Waals surface area contributed by atoms with Crippen molar-refractivity contribution >= 4 is 44.8 Å². The SMILES string of the molecule is CCC(=O)N(C)c1ccc(Cl)c(COc2cccn3c(Br)c(C)nc23)c1. The molecule has 136 valence electrons. The van der Waals surface area contributed by atoms with Crippen LogP contribution in [0.2, 0.25) is 5.02 Å². The summed E-state index contributed by atoms with van der Waals surface area (Å²) in [4.78, 5) is 18.1. The third kappa shape index (κ3) is 3.57. The maximum atomic E-state index is 11.9. The number of nitrogens with zero attached hydrogens (tertiary/aromatic N) is 3. The topological polar surface area (TPSA) is 46.8 Å². The Kier molecular flexibility index (Phi) is 5.53. The summed E-state index contributed by atoms with van der Waals surface area (Å²) in [6.07, 6.45) is 2.37. The number of rotatable bonds is 5. The number of amides is 1. The summed E-state index contributed by atoms with van der Waals surface area (Å²) in [6.45, 7) is 4.05. The number of hydrogen-bond donors (Lipinski definition) is 0. The van der Waals surface area contributed by atoms with Crippen molar-refractivity contribution < 1.29 is 9.53 Å². The predicted octanol–water partition coefficient (Wildman–Crippen LogP) is 5.01. The van der Waals surface area contributed by atoms with E-state index in [9.17, 15) is 4.79 Å². The van der Waals surface area contributed by atoms with Gasteiger partial charge < -0.3 is 9.64 Å². The molecule has 0 unspecified atom stereocenters. The molecular weight excluding hydrogens is 418 g/mol. The lowest BCUT2D eigenvalue weighted by Crippen LogP contribution is -2.25. The normalized spacial score (nSPS) is 11.0. The van der Waals surface area contributed by atoms with Gasteiger partial charge in [-0.3, -0.25) is 9.20 Å². The summed E-state index contributed by atoms with van der Waals surface area (Å²) in [5.41, 5.74) is 3.23. The molecule has 0 aliphatic rings. The molecule has 0 atom stereocenters. The average Bonchev–Trinajstić information content (AvgIpc) is 2.94. The van der Waals surface area contributed by atoms with Gasteiger partial charge in [0.1, 0.15) is 11.2 Å². The number of fused-ring (bicyclic) bond motifs is 1. The van der Waals surface area contributed by atoms with Gasteiger partial charge in [0.25, 0.3) is 0 Å². The number of benzene rings is 1. The summed E-state index contributed by atoms with van der Waals surface area (Å²) in [5, 5.41) is 0.596. The average molecular weight is 437 g/mol. The first-order valence-corrected chi connectivity index (χ1v) is 9.40. The first kappa shape index (κ1) is 18.7. The van der Waals surface area contributed by atoms with Gasteiger partial charge >= 0.3 is 0 Å². The lowest BCUT2D eigenvalue weighted by atomic mass is 10.2. The maximum absolute atomic E-state index is 11.9. The van der Waals surface area contributed by atoms with Gasteiger partial charge in [0, 0.05) is 35.9 Å². The zero-order chi connectivity index (χ0) is 18.8. The number of aryl methyl sites for hydroxylation is 1. The largest absolute Gasteiger partial charge is 0.485 e. The number of hydrogen-bond acceptors (Lipinski definition) is 3. The van der Waals surface area contributed by atoms with Gasteiger partial charge in [-0.1, -0.05) is 18.5 Å². The van der Waals surface area contributed by atoms with E-state index in [0.29, 0.717) is 17.2 Å². The molecule has 2 heterocycles. The maximum Gasteiger partial charge on any atom is 0.226 e. The van der Waals surface area contributed by atoms with Crippen molar-refractivity contribution in [2.45, 2.75) is 26.9 Å². The first-order chi connectivity index (χ1) is 12.4. The zero-order valence-electron chi connectivity index (χ0n) is 14.8. The summed E-state index contributed by atoms with van der Waals surface area (Å²) < 4.78 is 8.81. The fourth-order valence-corrected chi connectivity index (χ4v) is 3.20. The van der Waals surface area contributed by atoms with Crippen LogP contribution in [0, 0.1) is 6.92 Å². The molecule has 5 nitrogen and oxygen atoms in total. The fourth-order valence-electron chi connectivity index (χ4n) is 2.66. The molecule has 1 aromatic carbocycles. The molecule has 3 aromatic rings. The summed E-state index contributed by atoms with van der Waals surface area (Å²) >= 11 is 9.84. The molecule has 0 spiro atoms. The van der Waals surface area contributed by atoms with Crippen LogP contribution in [0.1, 0.15) is 24.6 Å². The number of imidazole rings is 1. The summed E-state index contributed by atoms with van der Waals surface area (Å²) in [5.74, 6) is 0.711. The Bertz CT molecular complexity index is 971. The second-order valence-electron chi connectivity index (χ2n) is 5.92. The summed E-state index contributed by atoms with van der Waals surface area (Å²) in [6, 6.07) is 9.27. The van der Waals surface area contributed by atoms with Crippen LogP contribution >= 0.6 is 27.5 Å².